The van der Waals surface area contributed by atoms with Crippen LogP contribution in [0.1, 0.15) is 32.7 Å². The molecule has 4 aromatic rings. The molecule has 188 valence electrons. The van der Waals surface area contributed by atoms with Crippen molar-refractivity contribution in [3.05, 3.63) is 87.3 Å². The van der Waals surface area contributed by atoms with Crippen LogP contribution in [-0.2, 0) is 17.8 Å². The van der Waals surface area contributed by atoms with Crippen molar-refractivity contribution in [1.82, 2.24) is 20.0 Å². The standard InChI is InChI=1S/C30H31N5OS/c1-19-5-3-4-6-23(19)25(30(31)36)17-22-8-10-27(37-22)29-26-16-21-15-20(7-9-24(21)28(26)32-33-29)18-35-13-11-34(2)12-14-35/h3-10,15,17H,11-14,16,18H2,1-2H3,(H2,31,36)(H,32,33). The number of hydrogen-bond donors (Lipinski definition) is 2. The first-order valence-corrected chi connectivity index (χ1v) is 13.6. The summed E-state index contributed by atoms with van der Waals surface area (Å²) in [6, 6.07) is 18.8. The van der Waals surface area contributed by atoms with E-state index in [2.05, 4.69) is 46.2 Å². The van der Waals surface area contributed by atoms with Gasteiger partial charge in [0.25, 0.3) is 0 Å². The molecule has 1 fully saturated rings. The highest BCUT2D eigenvalue weighted by Gasteiger charge is 2.26. The third kappa shape index (κ3) is 4.66. The Balaban J connectivity index is 1.24. The van der Waals surface area contributed by atoms with Gasteiger partial charge in [-0.2, -0.15) is 5.10 Å². The monoisotopic (exact) mass is 509 g/mol. The second-order valence-corrected chi connectivity index (χ2v) is 11.2. The number of nitrogens with zero attached hydrogens (tertiary/aromatic N) is 3. The zero-order valence-electron chi connectivity index (χ0n) is 21.3. The quantitative estimate of drug-likeness (QED) is 0.323. The second-order valence-electron chi connectivity index (χ2n) is 10.1. The van der Waals surface area contributed by atoms with Gasteiger partial charge in [0.15, 0.2) is 0 Å². The number of aryl methyl sites for hydroxylation is 1. The van der Waals surface area contributed by atoms with Crippen LogP contribution in [0.4, 0.5) is 0 Å². The smallest absolute Gasteiger partial charge is 0.249 e. The fourth-order valence-electron chi connectivity index (χ4n) is 5.40. The number of piperazine rings is 1. The van der Waals surface area contributed by atoms with Crippen LogP contribution in [-0.4, -0.2) is 59.1 Å². The third-order valence-corrected chi connectivity index (χ3v) is 8.57. The van der Waals surface area contributed by atoms with Gasteiger partial charge in [0.1, 0.15) is 0 Å². The zero-order chi connectivity index (χ0) is 25.5. The number of thiophene rings is 1. The number of likely N-dealkylation sites (N-methyl/N-ethyl adjacent to an activating group) is 1. The van der Waals surface area contributed by atoms with Crippen LogP contribution in [0.5, 0.6) is 0 Å². The van der Waals surface area contributed by atoms with E-state index in [1.807, 2.05) is 43.3 Å². The predicted molar refractivity (Wildman–Crippen MR) is 151 cm³/mol. The van der Waals surface area contributed by atoms with Crippen LogP contribution in [0, 0.1) is 6.92 Å². The largest absolute Gasteiger partial charge is 0.366 e. The van der Waals surface area contributed by atoms with Crippen molar-refractivity contribution >= 4 is 28.9 Å². The summed E-state index contributed by atoms with van der Waals surface area (Å²) in [6.45, 7) is 7.50. The Morgan fingerprint density at radius 1 is 1.11 bits per heavy atom. The summed E-state index contributed by atoms with van der Waals surface area (Å²) in [5.74, 6) is -0.422. The lowest BCUT2D eigenvalue weighted by Gasteiger charge is -2.32. The minimum absolute atomic E-state index is 0.422. The normalized spacial score (nSPS) is 16.1. The lowest BCUT2D eigenvalue weighted by atomic mass is 9.99. The van der Waals surface area contributed by atoms with Crippen molar-refractivity contribution in [2.45, 2.75) is 19.9 Å². The summed E-state index contributed by atoms with van der Waals surface area (Å²) in [5.41, 5.74) is 15.5. The molecule has 6 rings (SSSR count). The van der Waals surface area contributed by atoms with Crippen molar-refractivity contribution in [2.75, 3.05) is 33.2 Å². The summed E-state index contributed by atoms with van der Waals surface area (Å²) in [6.07, 6.45) is 2.78. The highest BCUT2D eigenvalue weighted by atomic mass is 32.1. The van der Waals surface area contributed by atoms with E-state index in [1.165, 1.54) is 22.3 Å². The molecule has 3 heterocycles. The Morgan fingerprint density at radius 2 is 1.92 bits per heavy atom. The fraction of sp³-hybridized carbons (Fsp3) is 0.267. The van der Waals surface area contributed by atoms with Crippen LogP contribution >= 0.6 is 11.3 Å². The van der Waals surface area contributed by atoms with E-state index in [9.17, 15) is 4.79 Å². The van der Waals surface area contributed by atoms with Gasteiger partial charge in [-0.3, -0.25) is 14.8 Å². The fourth-order valence-corrected chi connectivity index (χ4v) is 6.38. The van der Waals surface area contributed by atoms with Gasteiger partial charge in [-0.05, 0) is 54.4 Å². The van der Waals surface area contributed by atoms with Crippen LogP contribution in [0.15, 0.2) is 54.6 Å². The van der Waals surface area contributed by atoms with Crippen LogP contribution in [0.3, 0.4) is 0 Å². The topological polar surface area (TPSA) is 78.2 Å². The Kier molecular flexibility index (Phi) is 6.28. The van der Waals surface area contributed by atoms with E-state index >= 15 is 0 Å². The minimum Gasteiger partial charge on any atom is -0.366 e. The van der Waals surface area contributed by atoms with Gasteiger partial charge in [0.2, 0.25) is 5.91 Å². The Labute approximate surface area is 221 Å². The molecule has 0 unspecified atom stereocenters. The van der Waals surface area contributed by atoms with Crippen molar-refractivity contribution < 1.29 is 4.79 Å². The molecule has 1 aliphatic heterocycles. The highest BCUT2D eigenvalue weighted by molar-refractivity contribution is 7.16. The number of H-pyrrole nitrogens is 1. The molecule has 0 atom stereocenters. The number of primary amides is 1. The molecule has 1 saturated heterocycles. The number of amides is 1. The van der Waals surface area contributed by atoms with Crippen molar-refractivity contribution in [1.29, 1.82) is 0 Å². The molecule has 3 N–H and O–H groups in total. The van der Waals surface area contributed by atoms with Gasteiger partial charge in [0.05, 0.1) is 16.3 Å². The maximum Gasteiger partial charge on any atom is 0.249 e. The summed E-state index contributed by atoms with van der Waals surface area (Å²) in [5, 5.41) is 7.99. The number of nitrogens with one attached hydrogen (secondary N) is 1. The molecule has 37 heavy (non-hydrogen) atoms. The number of hydrogen-bond acceptors (Lipinski definition) is 5. The Hall–Kier alpha value is -3.52. The molecular formula is C30H31N5OS. The predicted octanol–water partition coefficient (Wildman–Crippen LogP) is 4.79. The highest BCUT2D eigenvalue weighted by Crippen LogP contribution is 2.42. The van der Waals surface area contributed by atoms with Gasteiger partial charge in [-0.15, -0.1) is 11.3 Å². The maximum atomic E-state index is 12.3. The number of aromatic amines is 1. The molecule has 6 nitrogen and oxygen atoms in total. The molecule has 2 aliphatic rings. The van der Waals surface area contributed by atoms with E-state index in [0.29, 0.717) is 5.57 Å². The van der Waals surface area contributed by atoms with Crippen LogP contribution in [0.2, 0.25) is 0 Å². The van der Waals surface area contributed by atoms with E-state index in [0.717, 1.165) is 71.4 Å². The lowest BCUT2D eigenvalue weighted by Crippen LogP contribution is -2.43. The summed E-state index contributed by atoms with van der Waals surface area (Å²) < 4.78 is 0. The molecule has 7 heteroatoms. The number of carbonyl (C=O) groups excluding carboxylic acids is 1. The van der Waals surface area contributed by atoms with Crippen molar-refractivity contribution in [3.8, 4) is 21.8 Å². The zero-order valence-corrected chi connectivity index (χ0v) is 22.1. The molecule has 0 bridgehead atoms. The Morgan fingerprint density at radius 3 is 2.70 bits per heavy atom. The molecule has 1 aliphatic carbocycles. The molecule has 0 spiro atoms. The van der Waals surface area contributed by atoms with E-state index in [4.69, 9.17) is 10.8 Å². The van der Waals surface area contributed by atoms with Gasteiger partial charge < -0.3 is 10.6 Å². The molecule has 2 aromatic heterocycles. The average molecular weight is 510 g/mol. The van der Waals surface area contributed by atoms with E-state index in [1.54, 1.807) is 11.3 Å². The van der Waals surface area contributed by atoms with Gasteiger partial charge >= 0.3 is 0 Å². The van der Waals surface area contributed by atoms with Gasteiger partial charge in [-0.25, -0.2) is 0 Å². The maximum absolute atomic E-state index is 12.3. The second kappa shape index (κ2) is 9.74. The first-order chi connectivity index (χ1) is 18.0. The van der Waals surface area contributed by atoms with Crippen LogP contribution < -0.4 is 5.73 Å². The van der Waals surface area contributed by atoms with Crippen LogP contribution in [0.25, 0.3) is 33.5 Å². The number of carbonyl (C=O) groups is 1. The summed E-state index contributed by atoms with van der Waals surface area (Å²) in [4.78, 5) is 19.3. The van der Waals surface area contributed by atoms with Crippen molar-refractivity contribution in [3.63, 3.8) is 0 Å². The SMILES string of the molecule is Cc1ccccc1C(=Cc1ccc(-c2[nH]nc3c2Cc2cc(CN4CCN(C)CC4)ccc2-3)s1)C(N)=O. The van der Waals surface area contributed by atoms with Gasteiger partial charge in [0, 0.05) is 60.7 Å². The summed E-state index contributed by atoms with van der Waals surface area (Å²) >= 11 is 1.64. The lowest BCUT2D eigenvalue weighted by molar-refractivity contribution is -0.112. The molecule has 0 saturated carbocycles. The first-order valence-electron chi connectivity index (χ1n) is 12.7. The molecular weight excluding hydrogens is 478 g/mol. The number of fused-ring (bicyclic) bond motifs is 3. The number of benzene rings is 2. The Bertz CT molecular complexity index is 1510. The summed E-state index contributed by atoms with van der Waals surface area (Å²) in [7, 11) is 2.19. The number of rotatable bonds is 6. The minimum atomic E-state index is -0.422. The van der Waals surface area contributed by atoms with E-state index < -0.39 is 5.91 Å². The average Bonchev–Trinajstić information content (AvgIpc) is 3.59. The first kappa shape index (κ1) is 23.9. The third-order valence-electron chi connectivity index (χ3n) is 7.52. The molecule has 2 aromatic carbocycles. The van der Waals surface area contributed by atoms with Crippen molar-refractivity contribution in [2.24, 2.45) is 5.73 Å². The number of aromatic nitrogens is 2. The van der Waals surface area contributed by atoms with E-state index in [-0.39, 0.29) is 0 Å². The molecule has 0 radical (unpaired) electrons. The number of nitrogens with two attached hydrogens (primary N) is 1. The molecule has 1 amide bonds. The van der Waals surface area contributed by atoms with Gasteiger partial charge in [-0.1, -0.05) is 42.5 Å².